The second-order valence-electron chi connectivity index (χ2n) is 7.10. The zero-order valence-electron chi connectivity index (χ0n) is 14.7. The summed E-state index contributed by atoms with van der Waals surface area (Å²) in [6.45, 7) is -0.235. The van der Waals surface area contributed by atoms with Crippen molar-refractivity contribution >= 4 is 27.1 Å². The van der Waals surface area contributed by atoms with Gasteiger partial charge >= 0.3 is 5.76 Å². The van der Waals surface area contributed by atoms with Gasteiger partial charge in [-0.05, 0) is 30.7 Å². The molecule has 2 aliphatic rings. The first-order chi connectivity index (χ1) is 12.9. The second kappa shape index (κ2) is 7.23. The number of nitrogens with zero attached hydrogens (tertiary/aromatic N) is 3. The van der Waals surface area contributed by atoms with Crippen molar-refractivity contribution in [3.05, 3.63) is 28.1 Å². The third kappa shape index (κ3) is 3.86. The molecule has 1 saturated carbocycles. The molecule has 1 amide bonds. The molecule has 0 spiro atoms. The number of hydrogen-bond donors (Lipinski definition) is 0. The summed E-state index contributed by atoms with van der Waals surface area (Å²) in [5.74, 6) is -0.641. The zero-order valence-corrected chi connectivity index (χ0v) is 16.4. The van der Waals surface area contributed by atoms with E-state index in [1.165, 1.54) is 11.3 Å². The van der Waals surface area contributed by atoms with Gasteiger partial charge in [0.2, 0.25) is 5.91 Å². The molecule has 1 unspecified atom stereocenters. The van der Waals surface area contributed by atoms with Gasteiger partial charge in [-0.1, -0.05) is 18.9 Å². The van der Waals surface area contributed by atoms with E-state index in [1.54, 1.807) is 11.0 Å². The third-order valence-corrected chi connectivity index (χ3v) is 7.84. The highest BCUT2D eigenvalue weighted by Gasteiger charge is 2.39. The van der Waals surface area contributed by atoms with Gasteiger partial charge in [-0.15, -0.1) is 16.4 Å². The molecule has 3 heterocycles. The van der Waals surface area contributed by atoms with Crippen molar-refractivity contribution in [1.82, 2.24) is 14.7 Å². The Hall–Kier alpha value is -1.94. The molecular weight excluding hydrogens is 390 g/mol. The average molecular weight is 412 g/mol. The molecule has 0 N–H and O–H groups in total. The van der Waals surface area contributed by atoms with Crippen molar-refractivity contribution < 1.29 is 17.6 Å². The van der Waals surface area contributed by atoms with Gasteiger partial charge in [0.1, 0.15) is 6.54 Å². The van der Waals surface area contributed by atoms with Crippen LogP contribution < -0.4 is 5.76 Å². The van der Waals surface area contributed by atoms with Crippen LogP contribution in [0.3, 0.4) is 0 Å². The van der Waals surface area contributed by atoms with Gasteiger partial charge in [0.05, 0.1) is 16.4 Å². The van der Waals surface area contributed by atoms with Crippen molar-refractivity contribution in [3.63, 3.8) is 0 Å². The van der Waals surface area contributed by atoms with E-state index < -0.39 is 15.6 Å². The van der Waals surface area contributed by atoms with Crippen molar-refractivity contribution in [1.29, 1.82) is 0 Å². The van der Waals surface area contributed by atoms with E-state index in [0.29, 0.717) is 11.3 Å². The van der Waals surface area contributed by atoms with Gasteiger partial charge in [0, 0.05) is 12.1 Å². The fourth-order valence-corrected chi connectivity index (χ4v) is 6.35. The number of rotatable bonds is 5. The van der Waals surface area contributed by atoms with Crippen LogP contribution in [-0.4, -0.2) is 52.6 Å². The average Bonchev–Trinajstić information content (AvgIpc) is 3.37. The van der Waals surface area contributed by atoms with E-state index >= 15 is 0 Å². The second-order valence-corrected chi connectivity index (χ2v) is 10.3. The first-order valence-corrected chi connectivity index (χ1v) is 11.8. The van der Waals surface area contributed by atoms with Crippen LogP contribution in [0.15, 0.2) is 26.7 Å². The summed E-state index contributed by atoms with van der Waals surface area (Å²) in [5.41, 5.74) is 0. The normalized spacial score (nSPS) is 22.3. The first kappa shape index (κ1) is 18.4. The molecule has 2 aromatic heterocycles. The topological polar surface area (TPSA) is 102 Å². The molecule has 0 aromatic carbocycles. The standard InChI is InChI=1S/C17H21N3O5S2/c21-15(10-19-17(22)25-16(18-19)14-6-3-8-26-14)20(12-4-1-2-5-12)13-7-9-27(23,24)11-13/h3,6,8,12-13H,1-2,4-5,7,9-11H2. The van der Waals surface area contributed by atoms with E-state index in [1.807, 2.05) is 11.4 Å². The molecule has 1 aliphatic carbocycles. The van der Waals surface area contributed by atoms with Crippen LogP contribution in [0.2, 0.25) is 0 Å². The van der Waals surface area contributed by atoms with Crippen LogP contribution in [0.1, 0.15) is 32.1 Å². The molecule has 1 aliphatic heterocycles. The van der Waals surface area contributed by atoms with Crippen molar-refractivity contribution in [2.75, 3.05) is 11.5 Å². The lowest BCUT2D eigenvalue weighted by atomic mass is 10.1. The Labute approximate surface area is 160 Å². The SMILES string of the molecule is O=C(Cn1nc(-c2cccs2)oc1=O)N(C1CCCC1)C1CCS(=O)(=O)C1. The monoisotopic (exact) mass is 411 g/mol. The number of hydrogen-bond acceptors (Lipinski definition) is 7. The molecule has 2 aromatic rings. The highest BCUT2D eigenvalue weighted by Crippen LogP contribution is 2.29. The number of carbonyl (C=O) groups is 1. The smallest absolute Gasteiger partial charge is 0.387 e. The summed E-state index contributed by atoms with van der Waals surface area (Å²) >= 11 is 1.39. The summed E-state index contributed by atoms with van der Waals surface area (Å²) in [6, 6.07) is 3.34. The maximum atomic E-state index is 13.0. The minimum absolute atomic E-state index is 0.00337. The van der Waals surface area contributed by atoms with Gasteiger partial charge in [0.25, 0.3) is 5.89 Å². The fraction of sp³-hybridized carbons (Fsp3) is 0.588. The van der Waals surface area contributed by atoms with Crippen LogP contribution in [0.25, 0.3) is 10.8 Å². The summed E-state index contributed by atoms with van der Waals surface area (Å²) in [5, 5.41) is 5.99. The molecule has 146 valence electrons. The van der Waals surface area contributed by atoms with Crippen LogP contribution in [0, 0.1) is 0 Å². The molecule has 4 rings (SSSR count). The van der Waals surface area contributed by atoms with Gasteiger partial charge in [0.15, 0.2) is 9.84 Å². The molecule has 2 fully saturated rings. The van der Waals surface area contributed by atoms with Gasteiger partial charge < -0.3 is 9.32 Å². The Kier molecular flexibility index (Phi) is 4.94. The minimum atomic E-state index is -3.11. The molecule has 0 bridgehead atoms. The fourth-order valence-electron chi connectivity index (χ4n) is 4.00. The van der Waals surface area contributed by atoms with E-state index in [0.717, 1.165) is 30.4 Å². The summed E-state index contributed by atoms with van der Waals surface area (Å²) in [7, 11) is -3.11. The van der Waals surface area contributed by atoms with Crippen molar-refractivity contribution in [3.8, 4) is 10.8 Å². The first-order valence-electron chi connectivity index (χ1n) is 9.06. The van der Waals surface area contributed by atoms with E-state index in [4.69, 9.17) is 4.42 Å². The Morgan fingerprint density at radius 1 is 1.30 bits per heavy atom. The van der Waals surface area contributed by atoms with Crippen LogP contribution in [0.4, 0.5) is 0 Å². The minimum Gasteiger partial charge on any atom is -0.387 e. The van der Waals surface area contributed by atoms with Crippen molar-refractivity contribution in [2.24, 2.45) is 0 Å². The molecular formula is C17H21N3O5S2. The summed E-state index contributed by atoms with van der Waals surface area (Å²) < 4.78 is 30.0. The quantitative estimate of drug-likeness (QED) is 0.739. The highest BCUT2D eigenvalue weighted by atomic mass is 32.2. The summed E-state index contributed by atoms with van der Waals surface area (Å²) in [4.78, 5) is 27.6. The predicted octanol–water partition coefficient (Wildman–Crippen LogP) is 1.52. The third-order valence-electron chi connectivity index (χ3n) is 5.23. The van der Waals surface area contributed by atoms with Crippen LogP contribution in [0.5, 0.6) is 0 Å². The van der Waals surface area contributed by atoms with E-state index in [2.05, 4.69) is 5.10 Å². The maximum absolute atomic E-state index is 13.0. The van der Waals surface area contributed by atoms with Gasteiger partial charge in [-0.2, -0.15) is 4.68 Å². The Balaban J connectivity index is 1.56. The molecule has 0 radical (unpaired) electrons. The molecule has 8 nitrogen and oxygen atoms in total. The van der Waals surface area contributed by atoms with E-state index in [-0.39, 0.29) is 41.9 Å². The lowest BCUT2D eigenvalue weighted by Gasteiger charge is -2.33. The Bertz CT molecular complexity index is 971. The predicted molar refractivity (Wildman–Crippen MR) is 100 cm³/mol. The Morgan fingerprint density at radius 3 is 2.70 bits per heavy atom. The molecule has 1 saturated heterocycles. The number of sulfone groups is 1. The maximum Gasteiger partial charge on any atom is 0.437 e. The number of carbonyl (C=O) groups excluding carboxylic acids is 1. The van der Waals surface area contributed by atoms with Gasteiger partial charge in [-0.3, -0.25) is 4.79 Å². The molecule has 10 heteroatoms. The number of aromatic nitrogens is 2. The largest absolute Gasteiger partial charge is 0.437 e. The molecule has 27 heavy (non-hydrogen) atoms. The lowest BCUT2D eigenvalue weighted by molar-refractivity contribution is -0.136. The lowest BCUT2D eigenvalue weighted by Crippen LogP contribution is -2.48. The van der Waals surface area contributed by atoms with Crippen LogP contribution >= 0.6 is 11.3 Å². The van der Waals surface area contributed by atoms with Crippen molar-refractivity contribution in [2.45, 2.75) is 50.7 Å². The summed E-state index contributed by atoms with van der Waals surface area (Å²) in [6.07, 6.45) is 4.26. The Morgan fingerprint density at radius 2 is 2.07 bits per heavy atom. The van der Waals surface area contributed by atoms with Crippen LogP contribution in [-0.2, 0) is 21.2 Å². The van der Waals surface area contributed by atoms with Gasteiger partial charge in [-0.25, -0.2) is 13.2 Å². The zero-order chi connectivity index (χ0) is 19.0. The van der Waals surface area contributed by atoms with E-state index in [9.17, 15) is 18.0 Å². The number of amides is 1. The number of thiophene rings is 1. The highest BCUT2D eigenvalue weighted by molar-refractivity contribution is 7.91. The molecule has 1 atom stereocenters.